The van der Waals surface area contributed by atoms with Crippen LogP contribution in [0.3, 0.4) is 0 Å². The first-order chi connectivity index (χ1) is 22.1. The summed E-state index contributed by atoms with van der Waals surface area (Å²) in [5.41, 5.74) is 6.53. The van der Waals surface area contributed by atoms with Gasteiger partial charge in [-0.2, -0.15) is 0 Å². The molecule has 5 aromatic carbocycles. The maximum Gasteiger partial charge on any atom is 0.125 e. The van der Waals surface area contributed by atoms with Crippen molar-refractivity contribution in [2.75, 3.05) is 25.0 Å². The van der Waals surface area contributed by atoms with Crippen molar-refractivity contribution in [1.82, 2.24) is 4.90 Å². The predicted octanol–water partition coefficient (Wildman–Crippen LogP) is 8.66. The van der Waals surface area contributed by atoms with E-state index in [9.17, 15) is 9.50 Å². The highest BCUT2D eigenvalue weighted by Gasteiger charge is 2.17. The van der Waals surface area contributed by atoms with Gasteiger partial charge in [-0.25, -0.2) is 4.39 Å². The average molecular weight is 605 g/mol. The first kappa shape index (κ1) is 31.8. The van der Waals surface area contributed by atoms with Crippen LogP contribution in [0, 0.1) is 0 Å². The summed E-state index contributed by atoms with van der Waals surface area (Å²) in [7, 11) is 0. The van der Waals surface area contributed by atoms with Crippen molar-refractivity contribution in [1.29, 1.82) is 0 Å². The lowest BCUT2D eigenvalue weighted by Gasteiger charge is -2.26. The first-order valence-corrected chi connectivity index (χ1v) is 15.5. The summed E-state index contributed by atoms with van der Waals surface area (Å²) in [6, 6.07) is 41.8. The molecule has 6 heteroatoms. The highest BCUT2D eigenvalue weighted by molar-refractivity contribution is 5.60. The number of nitrogens with zero attached hydrogens (tertiary/aromatic N) is 1. The van der Waals surface area contributed by atoms with E-state index in [0.717, 1.165) is 35.7 Å². The molecule has 5 nitrogen and oxygen atoms in total. The van der Waals surface area contributed by atoms with Gasteiger partial charge in [-0.15, -0.1) is 0 Å². The number of aliphatic hydroxyl groups excluding tert-OH is 1. The van der Waals surface area contributed by atoms with Crippen molar-refractivity contribution in [2.24, 2.45) is 0 Å². The van der Waals surface area contributed by atoms with Gasteiger partial charge in [0.05, 0.1) is 12.7 Å². The van der Waals surface area contributed by atoms with Gasteiger partial charge in [0, 0.05) is 36.6 Å². The number of benzene rings is 5. The zero-order valence-corrected chi connectivity index (χ0v) is 25.7. The van der Waals surface area contributed by atoms with Crippen LogP contribution in [0.1, 0.15) is 40.8 Å². The van der Waals surface area contributed by atoms with Crippen LogP contribution < -0.4 is 14.8 Å². The maximum atomic E-state index is 14.0. The van der Waals surface area contributed by atoms with E-state index in [2.05, 4.69) is 46.6 Å². The number of halogens is 1. The van der Waals surface area contributed by atoms with E-state index in [1.54, 1.807) is 12.1 Å². The first-order valence-electron chi connectivity index (χ1n) is 15.5. The standard InChI is InChI=1S/C39H41FN2O3/c1-2-44-37-20-18-36(19-21-37)41-35-16-13-30(14-17-35)23-24-42(27-31-9-5-3-6-10-31)28-38(43)33-15-22-39(34(25-33)26-40)45-29-32-11-7-4-8-12-32/h3-22,25,38,41,43H,2,23-24,26-29H2,1H3/t38-/m0/s1. The summed E-state index contributed by atoms with van der Waals surface area (Å²) in [5, 5.41) is 14.7. The molecule has 2 N–H and O–H groups in total. The molecule has 0 unspecified atom stereocenters. The molecule has 0 fully saturated rings. The molecule has 0 aliphatic rings. The molecule has 0 aromatic heterocycles. The fraction of sp³-hybridized carbons (Fsp3) is 0.231. The lowest BCUT2D eigenvalue weighted by atomic mass is 10.0. The maximum absolute atomic E-state index is 14.0. The van der Waals surface area contributed by atoms with Crippen LogP contribution in [0.5, 0.6) is 11.5 Å². The molecule has 1 atom stereocenters. The van der Waals surface area contributed by atoms with Crippen molar-refractivity contribution in [3.63, 3.8) is 0 Å². The third-order valence-electron chi connectivity index (χ3n) is 7.66. The molecule has 232 valence electrons. The van der Waals surface area contributed by atoms with E-state index in [4.69, 9.17) is 9.47 Å². The van der Waals surface area contributed by atoms with E-state index in [1.165, 1.54) is 11.1 Å². The molecular weight excluding hydrogens is 563 g/mol. The summed E-state index contributed by atoms with van der Waals surface area (Å²) in [6.45, 7) is 4.19. The van der Waals surface area contributed by atoms with Gasteiger partial charge >= 0.3 is 0 Å². The van der Waals surface area contributed by atoms with E-state index in [1.807, 2.05) is 85.8 Å². The molecule has 5 rings (SSSR count). The van der Waals surface area contributed by atoms with Gasteiger partial charge in [0.25, 0.3) is 0 Å². The van der Waals surface area contributed by atoms with Crippen LogP contribution >= 0.6 is 0 Å². The Balaban J connectivity index is 1.21. The minimum atomic E-state index is -0.775. The number of anilines is 2. The predicted molar refractivity (Wildman–Crippen MR) is 180 cm³/mol. The number of nitrogens with one attached hydrogen (secondary N) is 1. The largest absolute Gasteiger partial charge is 0.494 e. The molecule has 0 saturated heterocycles. The summed E-state index contributed by atoms with van der Waals surface area (Å²) in [5.74, 6) is 1.36. The average Bonchev–Trinajstić information content (AvgIpc) is 3.08. The van der Waals surface area contributed by atoms with Crippen LogP contribution in [-0.4, -0.2) is 29.7 Å². The fourth-order valence-corrected chi connectivity index (χ4v) is 5.22. The SMILES string of the molecule is CCOc1ccc(Nc2ccc(CCN(Cc3ccccc3)C[C@H](O)c3ccc(OCc4ccccc4)c(CF)c3)cc2)cc1. The summed E-state index contributed by atoms with van der Waals surface area (Å²) >= 11 is 0. The molecule has 0 saturated carbocycles. The summed E-state index contributed by atoms with van der Waals surface area (Å²) < 4.78 is 25.5. The van der Waals surface area contributed by atoms with Crippen molar-refractivity contribution < 1.29 is 19.0 Å². The molecule has 0 amide bonds. The van der Waals surface area contributed by atoms with E-state index in [-0.39, 0.29) is 0 Å². The second-order valence-corrected chi connectivity index (χ2v) is 11.0. The zero-order valence-electron chi connectivity index (χ0n) is 25.7. The summed E-state index contributed by atoms with van der Waals surface area (Å²) in [6.07, 6.45) is 0.0492. The molecule has 5 aromatic rings. The lowest BCUT2D eigenvalue weighted by molar-refractivity contribution is 0.109. The Morgan fingerprint density at radius 1 is 0.733 bits per heavy atom. The third-order valence-corrected chi connectivity index (χ3v) is 7.66. The monoisotopic (exact) mass is 604 g/mol. The minimum Gasteiger partial charge on any atom is -0.494 e. The Labute approximate surface area is 265 Å². The number of ether oxygens (including phenoxy) is 2. The van der Waals surface area contributed by atoms with Gasteiger partial charge in [-0.05, 0) is 84.1 Å². The molecule has 0 aliphatic heterocycles. The third kappa shape index (κ3) is 9.67. The quantitative estimate of drug-likeness (QED) is 0.118. The van der Waals surface area contributed by atoms with Crippen molar-refractivity contribution in [2.45, 2.75) is 39.3 Å². The van der Waals surface area contributed by atoms with Crippen LogP contribution in [0.2, 0.25) is 0 Å². The number of hydrogen-bond acceptors (Lipinski definition) is 5. The number of hydrogen-bond donors (Lipinski definition) is 2. The van der Waals surface area contributed by atoms with Crippen molar-refractivity contribution in [3.05, 3.63) is 155 Å². The molecular formula is C39H41FN2O3. The highest BCUT2D eigenvalue weighted by atomic mass is 19.1. The number of alkyl halides is 1. The highest BCUT2D eigenvalue weighted by Crippen LogP contribution is 2.27. The second kappa shape index (κ2) is 16.4. The Bertz CT molecular complexity index is 1580. The molecule has 0 radical (unpaired) electrons. The van der Waals surface area contributed by atoms with Crippen LogP contribution in [0.15, 0.2) is 127 Å². The van der Waals surface area contributed by atoms with Gasteiger partial charge in [0.2, 0.25) is 0 Å². The molecule has 0 spiro atoms. The smallest absolute Gasteiger partial charge is 0.125 e. The van der Waals surface area contributed by atoms with E-state index in [0.29, 0.717) is 43.2 Å². The Morgan fingerprint density at radius 2 is 1.38 bits per heavy atom. The van der Waals surface area contributed by atoms with Gasteiger partial charge in [0.1, 0.15) is 24.8 Å². The summed E-state index contributed by atoms with van der Waals surface area (Å²) in [4.78, 5) is 2.25. The molecule has 0 aliphatic carbocycles. The van der Waals surface area contributed by atoms with Crippen molar-refractivity contribution in [3.8, 4) is 11.5 Å². The second-order valence-electron chi connectivity index (χ2n) is 11.0. The Kier molecular flexibility index (Phi) is 11.6. The van der Waals surface area contributed by atoms with Crippen LogP contribution in [0.25, 0.3) is 0 Å². The van der Waals surface area contributed by atoms with Crippen LogP contribution in [0.4, 0.5) is 15.8 Å². The molecule has 0 heterocycles. The molecule has 45 heavy (non-hydrogen) atoms. The molecule has 0 bridgehead atoms. The fourth-order valence-electron chi connectivity index (χ4n) is 5.22. The number of aliphatic hydroxyl groups is 1. The Hall–Kier alpha value is -4.65. The van der Waals surface area contributed by atoms with Crippen molar-refractivity contribution >= 4 is 11.4 Å². The van der Waals surface area contributed by atoms with E-state index >= 15 is 0 Å². The van der Waals surface area contributed by atoms with Gasteiger partial charge in [-0.1, -0.05) is 78.9 Å². The topological polar surface area (TPSA) is 54.0 Å². The van der Waals surface area contributed by atoms with Gasteiger partial charge in [-0.3, -0.25) is 4.90 Å². The van der Waals surface area contributed by atoms with Crippen LogP contribution in [-0.2, 0) is 26.2 Å². The normalized spacial score (nSPS) is 11.7. The van der Waals surface area contributed by atoms with Gasteiger partial charge < -0.3 is 19.9 Å². The van der Waals surface area contributed by atoms with E-state index < -0.39 is 12.8 Å². The minimum absolute atomic E-state index is 0.360. The Morgan fingerprint density at radius 3 is 2.02 bits per heavy atom. The number of rotatable bonds is 16. The zero-order chi connectivity index (χ0) is 31.3. The van der Waals surface area contributed by atoms with Gasteiger partial charge in [0.15, 0.2) is 0 Å². The lowest BCUT2D eigenvalue weighted by Crippen LogP contribution is -2.30.